The van der Waals surface area contributed by atoms with Gasteiger partial charge in [0, 0.05) is 25.6 Å². The third kappa shape index (κ3) is 3.12. The lowest BCUT2D eigenvalue weighted by Crippen LogP contribution is -2.37. The Morgan fingerprint density at radius 2 is 2.06 bits per heavy atom. The van der Waals surface area contributed by atoms with Crippen LogP contribution in [-0.2, 0) is 10.2 Å². The molecule has 18 heavy (non-hydrogen) atoms. The smallest absolute Gasteiger partial charge is 0.0587 e. The van der Waals surface area contributed by atoms with Crippen LogP contribution in [0.4, 0.5) is 0 Å². The van der Waals surface area contributed by atoms with Gasteiger partial charge in [0.1, 0.15) is 0 Å². The molecule has 0 aliphatic heterocycles. The molecule has 0 heterocycles. The first-order valence-electron chi connectivity index (χ1n) is 7.04. The summed E-state index contributed by atoms with van der Waals surface area (Å²) in [5.74, 6) is 0. The van der Waals surface area contributed by atoms with Gasteiger partial charge in [-0.3, -0.25) is 0 Å². The van der Waals surface area contributed by atoms with Crippen LogP contribution in [0.1, 0.15) is 36.8 Å². The summed E-state index contributed by atoms with van der Waals surface area (Å²) in [7, 11) is 1.76. The van der Waals surface area contributed by atoms with Gasteiger partial charge in [-0.15, -0.1) is 0 Å². The number of benzene rings is 1. The molecule has 1 aliphatic rings. The Bertz CT molecular complexity index is 369. The SMILES string of the molecule is COCCNCC1(c2cccc(C)c2)CCCC1. The lowest BCUT2D eigenvalue weighted by molar-refractivity contribution is 0.196. The first-order chi connectivity index (χ1) is 8.77. The Kier molecular flexibility index (Phi) is 4.79. The first-order valence-corrected chi connectivity index (χ1v) is 7.04. The van der Waals surface area contributed by atoms with Gasteiger partial charge in [0.25, 0.3) is 0 Å². The summed E-state index contributed by atoms with van der Waals surface area (Å²) >= 11 is 0. The van der Waals surface area contributed by atoms with Crippen molar-refractivity contribution in [2.45, 2.75) is 38.0 Å². The van der Waals surface area contributed by atoms with Gasteiger partial charge in [0.2, 0.25) is 0 Å². The fourth-order valence-corrected chi connectivity index (χ4v) is 3.10. The Balaban J connectivity index is 2.06. The van der Waals surface area contributed by atoms with Crippen LogP contribution in [0.5, 0.6) is 0 Å². The molecular formula is C16H25NO. The average Bonchev–Trinajstić information content (AvgIpc) is 2.85. The van der Waals surface area contributed by atoms with E-state index in [2.05, 4.69) is 36.5 Å². The predicted octanol–water partition coefficient (Wildman–Crippen LogP) is 3.04. The van der Waals surface area contributed by atoms with Crippen LogP contribution < -0.4 is 5.32 Å². The molecule has 1 aliphatic carbocycles. The van der Waals surface area contributed by atoms with Gasteiger partial charge >= 0.3 is 0 Å². The zero-order valence-electron chi connectivity index (χ0n) is 11.7. The number of nitrogens with one attached hydrogen (secondary N) is 1. The van der Waals surface area contributed by atoms with E-state index in [1.807, 2.05) is 0 Å². The molecule has 2 rings (SSSR count). The summed E-state index contributed by atoms with van der Waals surface area (Å²) in [6, 6.07) is 9.05. The van der Waals surface area contributed by atoms with Crippen molar-refractivity contribution < 1.29 is 4.74 Å². The molecule has 0 bridgehead atoms. The van der Waals surface area contributed by atoms with E-state index >= 15 is 0 Å². The van der Waals surface area contributed by atoms with Crippen molar-refractivity contribution in [2.24, 2.45) is 0 Å². The fourth-order valence-electron chi connectivity index (χ4n) is 3.10. The predicted molar refractivity (Wildman–Crippen MR) is 76.1 cm³/mol. The molecule has 0 atom stereocenters. The van der Waals surface area contributed by atoms with Crippen LogP contribution in [0, 0.1) is 6.92 Å². The van der Waals surface area contributed by atoms with Crippen LogP contribution in [0.3, 0.4) is 0 Å². The first kappa shape index (κ1) is 13.6. The average molecular weight is 247 g/mol. The van der Waals surface area contributed by atoms with Crippen LogP contribution in [0.2, 0.25) is 0 Å². The number of aryl methyl sites for hydroxylation is 1. The maximum Gasteiger partial charge on any atom is 0.0587 e. The third-order valence-electron chi connectivity index (χ3n) is 4.14. The topological polar surface area (TPSA) is 21.3 Å². The van der Waals surface area contributed by atoms with Crippen molar-refractivity contribution in [1.29, 1.82) is 0 Å². The largest absolute Gasteiger partial charge is 0.383 e. The van der Waals surface area contributed by atoms with Crippen molar-refractivity contribution >= 4 is 0 Å². The summed E-state index contributed by atoms with van der Waals surface area (Å²) < 4.78 is 5.10. The van der Waals surface area contributed by atoms with E-state index in [0.29, 0.717) is 5.41 Å². The minimum absolute atomic E-state index is 0.361. The van der Waals surface area contributed by atoms with Gasteiger partial charge in [-0.1, -0.05) is 42.7 Å². The second-order valence-electron chi connectivity index (χ2n) is 5.53. The second-order valence-corrected chi connectivity index (χ2v) is 5.53. The number of hydrogen-bond acceptors (Lipinski definition) is 2. The Morgan fingerprint density at radius 1 is 1.28 bits per heavy atom. The molecule has 1 aromatic carbocycles. The highest BCUT2D eigenvalue weighted by Gasteiger charge is 2.35. The third-order valence-corrected chi connectivity index (χ3v) is 4.14. The molecule has 1 saturated carbocycles. The number of rotatable bonds is 6. The van der Waals surface area contributed by atoms with Crippen molar-refractivity contribution in [3.63, 3.8) is 0 Å². The van der Waals surface area contributed by atoms with E-state index in [1.54, 1.807) is 7.11 Å². The van der Waals surface area contributed by atoms with Gasteiger partial charge in [-0.05, 0) is 25.3 Å². The molecule has 1 fully saturated rings. The molecule has 1 N–H and O–H groups in total. The van der Waals surface area contributed by atoms with Gasteiger partial charge in [-0.25, -0.2) is 0 Å². The van der Waals surface area contributed by atoms with E-state index < -0.39 is 0 Å². The molecule has 2 nitrogen and oxygen atoms in total. The van der Waals surface area contributed by atoms with E-state index in [-0.39, 0.29) is 0 Å². The monoisotopic (exact) mass is 247 g/mol. The van der Waals surface area contributed by atoms with Crippen LogP contribution >= 0.6 is 0 Å². The highest BCUT2D eigenvalue weighted by Crippen LogP contribution is 2.40. The lowest BCUT2D eigenvalue weighted by atomic mass is 9.78. The molecule has 0 aromatic heterocycles. The standard InChI is InChI=1S/C16H25NO/c1-14-6-5-7-15(12-14)16(8-3-4-9-16)13-17-10-11-18-2/h5-7,12,17H,3-4,8-11,13H2,1-2H3. The minimum atomic E-state index is 0.361. The van der Waals surface area contributed by atoms with Gasteiger partial charge in [0.05, 0.1) is 6.61 Å². The zero-order chi connectivity index (χ0) is 12.8. The van der Waals surface area contributed by atoms with E-state index in [9.17, 15) is 0 Å². The number of methoxy groups -OCH3 is 1. The summed E-state index contributed by atoms with van der Waals surface area (Å²) in [5.41, 5.74) is 3.25. The molecule has 1 aromatic rings. The molecule has 0 amide bonds. The van der Waals surface area contributed by atoms with Crippen molar-refractivity contribution in [3.8, 4) is 0 Å². The Morgan fingerprint density at radius 3 is 2.72 bits per heavy atom. The molecule has 0 saturated heterocycles. The molecular weight excluding hydrogens is 222 g/mol. The summed E-state index contributed by atoms with van der Waals surface area (Å²) in [4.78, 5) is 0. The quantitative estimate of drug-likeness (QED) is 0.780. The molecule has 0 spiro atoms. The van der Waals surface area contributed by atoms with Crippen LogP contribution in [0.25, 0.3) is 0 Å². The van der Waals surface area contributed by atoms with Crippen LogP contribution in [-0.4, -0.2) is 26.8 Å². The van der Waals surface area contributed by atoms with Gasteiger partial charge < -0.3 is 10.1 Å². The van der Waals surface area contributed by atoms with Crippen molar-refractivity contribution in [2.75, 3.05) is 26.8 Å². The van der Waals surface area contributed by atoms with Crippen LogP contribution in [0.15, 0.2) is 24.3 Å². The number of ether oxygens (including phenoxy) is 1. The summed E-state index contributed by atoms with van der Waals surface area (Å²) in [6.45, 7) is 5.01. The molecule has 0 radical (unpaired) electrons. The van der Waals surface area contributed by atoms with Gasteiger partial charge in [-0.2, -0.15) is 0 Å². The van der Waals surface area contributed by atoms with E-state index in [1.165, 1.54) is 36.8 Å². The maximum absolute atomic E-state index is 5.10. The van der Waals surface area contributed by atoms with Crippen molar-refractivity contribution in [3.05, 3.63) is 35.4 Å². The zero-order valence-corrected chi connectivity index (χ0v) is 11.7. The fraction of sp³-hybridized carbons (Fsp3) is 0.625. The van der Waals surface area contributed by atoms with Gasteiger partial charge in [0.15, 0.2) is 0 Å². The summed E-state index contributed by atoms with van der Waals surface area (Å²) in [6.07, 6.45) is 5.35. The molecule has 2 heteroatoms. The summed E-state index contributed by atoms with van der Waals surface area (Å²) in [5, 5.41) is 3.56. The van der Waals surface area contributed by atoms with E-state index in [0.717, 1.165) is 19.7 Å². The molecule has 0 unspecified atom stereocenters. The highest BCUT2D eigenvalue weighted by molar-refractivity contribution is 5.31. The lowest BCUT2D eigenvalue weighted by Gasteiger charge is -2.30. The Labute approximate surface area is 111 Å². The normalized spacial score (nSPS) is 18.1. The highest BCUT2D eigenvalue weighted by atomic mass is 16.5. The molecule has 100 valence electrons. The second kappa shape index (κ2) is 6.35. The van der Waals surface area contributed by atoms with E-state index in [4.69, 9.17) is 4.74 Å². The number of hydrogen-bond donors (Lipinski definition) is 1. The minimum Gasteiger partial charge on any atom is -0.383 e. The maximum atomic E-state index is 5.10. The van der Waals surface area contributed by atoms with Crippen molar-refractivity contribution in [1.82, 2.24) is 5.32 Å². The Hall–Kier alpha value is -0.860.